The molecule has 1 aliphatic rings. The molecule has 2 heterocycles. The number of carbonyl (C=O) groups is 2. The maximum atomic E-state index is 13.0. The quantitative estimate of drug-likeness (QED) is 0.491. The van der Waals surface area contributed by atoms with E-state index in [9.17, 15) is 9.59 Å². The first-order valence-corrected chi connectivity index (χ1v) is 12.3. The predicted molar refractivity (Wildman–Crippen MR) is 136 cm³/mol. The Hall–Kier alpha value is -3.58. The van der Waals surface area contributed by atoms with Crippen LogP contribution in [0.1, 0.15) is 40.9 Å². The lowest BCUT2D eigenvalue weighted by molar-refractivity contribution is -0.122. The van der Waals surface area contributed by atoms with Gasteiger partial charge in [0.25, 0.3) is 5.91 Å². The van der Waals surface area contributed by atoms with E-state index in [0.717, 1.165) is 38.0 Å². The lowest BCUT2D eigenvalue weighted by Gasteiger charge is -2.32. The van der Waals surface area contributed by atoms with Crippen LogP contribution in [0.4, 0.5) is 0 Å². The topological polar surface area (TPSA) is 78.4 Å². The van der Waals surface area contributed by atoms with E-state index in [0.29, 0.717) is 25.2 Å². The largest absolute Gasteiger partial charge is 0.353 e. The molecule has 0 bridgehead atoms. The van der Waals surface area contributed by atoms with E-state index < -0.39 is 0 Å². The van der Waals surface area contributed by atoms with E-state index in [-0.39, 0.29) is 24.3 Å². The van der Waals surface area contributed by atoms with Crippen LogP contribution in [0.2, 0.25) is 0 Å². The minimum Gasteiger partial charge on any atom is -0.353 e. The fourth-order valence-electron chi connectivity index (χ4n) is 4.41. The van der Waals surface area contributed by atoms with Gasteiger partial charge in [-0.2, -0.15) is 0 Å². The minimum absolute atomic E-state index is 0.0110. The van der Waals surface area contributed by atoms with Gasteiger partial charge in [0, 0.05) is 57.6 Å². The molecule has 0 aliphatic carbocycles. The number of rotatable bonds is 10. The zero-order valence-corrected chi connectivity index (χ0v) is 20.1. The van der Waals surface area contributed by atoms with Gasteiger partial charge in [0.15, 0.2) is 0 Å². The molecule has 0 saturated carbocycles. The molecular weight excluding hydrogens is 438 g/mol. The third-order valence-corrected chi connectivity index (χ3v) is 6.39. The van der Waals surface area contributed by atoms with Crippen LogP contribution in [-0.2, 0) is 17.8 Å². The normalized spacial score (nSPS) is 14.4. The van der Waals surface area contributed by atoms with E-state index in [4.69, 9.17) is 0 Å². The van der Waals surface area contributed by atoms with Gasteiger partial charge >= 0.3 is 0 Å². The fraction of sp³-hybridized carbons (Fsp3) is 0.357. The van der Waals surface area contributed by atoms with Crippen LogP contribution in [0, 0.1) is 0 Å². The van der Waals surface area contributed by atoms with Crippen molar-refractivity contribution in [3.05, 3.63) is 96.1 Å². The minimum atomic E-state index is -0.198. The number of amides is 2. The van der Waals surface area contributed by atoms with Crippen LogP contribution >= 0.6 is 0 Å². The molecule has 0 radical (unpaired) electrons. The number of carbonyl (C=O) groups excluding carboxylic acids is 2. The summed E-state index contributed by atoms with van der Waals surface area (Å²) in [6.45, 7) is 3.75. The van der Waals surface area contributed by atoms with E-state index in [2.05, 4.69) is 44.5 Å². The van der Waals surface area contributed by atoms with Crippen molar-refractivity contribution >= 4 is 11.8 Å². The smallest absolute Gasteiger partial charge is 0.274 e. The standard InChI is InChI=1S/C28H33N5O2/c34-27(31-25-12-17-32(18-13-25)22-24-9-5-2-6-10-24)14-20-33(19-11-23-7-3-1-4-8-23)28(35)26-21-29-15-16-30-26/h1-10,15-16,21,25H,11-14,17-20,22H2,(H,31,34). The van der Waals surface area contributed by atoms with Gasteiger partial charge in [-0.05, 0) is 30.4 Å². The average Bonchev–Trinajstić information content (AvgIpc) is 2.91. The van der Waals surface area contributed by atoms with Crippen molar-refractivity contribution in [2.75, 3.05) is 26.2 Å². The van der Waals surface area contributed by atoms with Crippen molar-refractivity contribution in [1.82, 2.24) is 25.1 Å². The van der Waals surface area contributed by atoms with Crippen molar-refractivity contribution in [3.8, 4) is 0 Å². The molecule has 4 rings (SSSR count). The summed E-state index contributed by atoms with van der Waals surface area (Å²) in [5, 5.41) is 3.18. The highest BCUT2D eigenvalue weighted by molar-refractivity contribution is 5.92. The van der Waals surface area contributed by atoms with Crippen molar-refractivity contribution in [2.45, 2.75) is 38.3 Å². The molecule has 1 N–H and O–H groups in total. The zero-order valence-electron chi connectivity index (χ0n) is 20.1. The Morgan fingerprint density at radius 3 is 2.26 bits per heavy atom. The molecule has 0 unspecified atom stereocenters. The van der Waals surface area contributed by atoms with Crippen molar-refractivity contribution in [2.24, 2.45) is 0 Å². The van der Waals surface area contributed by atoms with Crippen LogP contribution in [0.25, 0.3) is 0 Å². The molecule has 2 amide bonds. The summed E-state index contributed by atoms with van der Waals surface area (Å²) in [5.74, 6) is -0.209. The van der Waals surface area contributed by atoms with Crippen molar-refractivity contribution < 1.29 is 9.59 Å². The van der Waals surface area contributed by atoms with Gasteiger partial charge in [-0.25, -0.2) is 4.98 Å². The number of likely N-dealkylation sites (tertiary alicyclic amines) is 1. The predicted octanol–water partition coefficient (Wildman–Crippen LogP) is 3.33. The Bertz CT molecular complexity index is 1050. The molecule has 1 aliphatic heterocycles. The van der Waals surface area contributed by atoms with Crippen molar-refractivity contribution in [1.29, 1.82) is 0 Å². The Labute approximate surface area is 207 Å². The lowest BCUT2D eigenvalue weighted by Crippen LogP contribution is -2.45. The Kier molecular flexibility index (Phi) is 8.95. The Balaban J connectivity index is 1.26. The Morgan fingerprint density at radius 1 is 0.914 bits per heavy atom. The molecule has 1 saturated heterocycles. The van der Waals surface area contributed by atoms with E-state index in [1.54, 1.807) is 11.1 Å². The van der Waals surface area contributed by atoms with Gasteiger partial charge in [0.1, 0.15) is 5.69 Å². The first-order chi connectivity index (χ1) is 17.2. The van der Waals surface area contributed by atoms with Crippen LogP contribution in [0.15, 0.2) is 79.3 Å². The van der Waals surface area contributed by atoms with Gasteiger partial charge in [0.2, 0.25) is 5.91 Å². The van der Waals surface area contributed by atoms with Crippen LogP contribution < -0.4 is 5.32 Å². The molecule has 7 heteroatoms. The highest BCUT2D eigenvalue weighted by Gasteiger charge is 2.22. The molecule has 182 valence electrons. The summed E-state index contributed by atoms with van der Waals surface area (Å²) < 4.78 is 0. The van der Waals surface area contributed by atoms with Gasteiger partial charge in [-0.15, -0.1) is 0 Å². The number of benzene rings is 2. The summed E-state index contributed by atoms with van der Waals surface area (Å²) in [4.78, 5) is 38.1. The monoisotopic (exact) mass is 471 g/mol. The average molecular weight is 472 g/mol. The molecule has 3 aromatic rings. The Morgan fingerprint density at radius 2 is 1.60 bits per heavy atom. The number of piperidine rings is 1. The van der Waals surface area contributed by atoms with Gasteiger partial charge in [-0.3, -0.25) is 19.5 Å². The molecular formula is C28H33N5O2. The summed E-state index contributed by atoms with van der Waals surface area (Å²) >= 11 is 0. The maximum Gasteiger partial charge on any atom is 0.274 e. The molecule has 1 aromatic heterocycles. The maximum absolute atomic E-state index is 13.0. The van der Waals surface area contributed by atoms with Crippen LogP contribution in [0.3, 0.4) is 0 Å². The zero-order chi connectivity index (χ0) is 24.3. The number of nitrogens with one attached hydrogen (secondary N) is 1. The molecule has 35 heavy (non-hydrogen) atoms. The van der Waals surface area contributed by atoms with Gasteiger partial charge in [0.05, 0.1) is 6.20 Å². The summed E-state index contributed by atoms with van der Waals surface area (Å²) in [5.41, 5.74) is 2.77. The number of hydrogen-bond acceptors (Lipinski definition) is 5. The number of nitrogens with zero attached hydrogens (tertiary/aromatic N) is 4. The second-order valence-electron chi connectivity index (χ2n) is 8.97. The highest BCUT2D eigenvalue weighted by atomic mass is 16.2. The number of aromatic nitrogens is 2. The summed E-state index contributed by atoms with van der Waals surface area (Å²) in [6, 6.07) is 20.7. The second kappa shape index (κ2) is 12.8. The van der Waals surface area contributed by atoms with E-state index in [1.807, 2.05) is 36.4 Å². The molecule has 0 atom stereocenters. The molecule has 0 spiro atoms. The van der Waals surface area contributed by atoms with Crippen LogP contribution in [-0.4, -0.2) is 63.8 Å². The fourth-order valence-corrected chi connectivity index (χ4v) is 4.41. The third kappa shape index (κ3) is 7.72. The first-order valence-electron chi connectivity index (χ1n) is 12.3. The van der Waals surface area contributed by atoms with Crippen molar-refractivity contribution in [3.63, 3.8) is 0 Å². The van der Waals surface area contributed by atoms with Crippen LogP contribution in [0.5, 0.6) is 0 Å². The summed E-state index contributed by atoms with van der Waals surface area (Å²) in [7, 11) is 0. The lowest BCUT2D eigenvalue weighted by atomic mass is 10.0. The summed E-state index contributed by atoms with van der Waals surface area (Å²) in [6.07, 6.45) is 7.40. The number of hydrogen-bond donors (Lipinski definition) is 1. The van der Waals surface area contributed by atoms with Gasteiger partial charge < -0.3 is 10.2 Å². The molecule has 7 nitrogen and oxygen atoms in total. The molecule has 1 fully saturated rings. The van der Waals surface area contributed by atoms with Gasteiger partial charge in [-0.1, -0.05) is 60.7 Å². The second-order valence-corrected chi connectivity index (χ2v) is 8.97. The SMILES string of the molecule is O=C(CCN(CCc1ccccc1)C(=O)c1cnccn1)NC1CCN(Cc2ccccc2)CC1. The third-order valence-electron chi connectivity index (χ3n) is 6.39. The van der Waals surface area contributed by atoms with E-state index in [1.165, 1.54) is 18.0 Å². The van der Waals surface area contributed by atoms with E-state index >= 15 is 0 Å². The molecule has 2 aromatic carbocycles. The highest BCUT2D eigenvalue weighted by Crippen LogP contribution is 2.14. The first kappa shape index (κ1) is 24.5.